The Bertz CT molecular complexity index is 1180. The van der Waals surface area contributed by atoms with Gasteiger partial charge in [-0.3, -0.25) is 9.59 Å². The number of nitrogens with zero attached hydrogens (tertiary/aromatic N) is 3. The largest absolute Gasteiger partial charge is 0.352 e. The molecule has 0 unspecified atom stereocenters. The lowest BCUT2D eigenvalue weighted by Gasteiger charge is -2.33. The lowest BCUT2D eigenvalue weighted by Crippen LogP contribution is -2.53. The van der Waals surface area contributed by atoms with Crippen molar-refractivity contribution in [3.05, 3.63) is 65.5 Å². The molecule has 1 N–H and O–H groups in total. The van der Waals surface area contributed by atoms with Gasteiger partial charge in [0.05, 0.1) is 5.69 Å². The first-order chi connectivity index (χ1) is 17.0. The fourth-order valence-electron chi connectivity index (χ4n) is 4.30. The average molecular weight is 519 g/mol. The van der Waals surface area contributed by atoms with Crippen LogP contribution in [-0.2, 0) is 26.3 Å². The Morgan fingerprint density at radius 2 is 1.67 bits per heavy atom. The lowest BCUT2D eigenvalue weighted by molar-refractivity contribution is -0.139. The molecule has 0 saturated heterocycles. The standard InChI is InChI=1S/C26H35FN4O4S/c1-19-11-5-6-12-21(19)17-30(20(2)26(33)28-22-13-7-8-14-22)25(32)18-31(36(34,35)29(3)4)24-16-10-9-15-23(24)27/h5-6,9-12,15-16,20,22H,7-8,13-14,17-18H2,1-4H3,(H,28,33)/t20-/m1/s1. The van der Waals surface area contributed by atoms with Crippen molar-refractivity contribution in [3.63, 3.8) is 0 Å². The summed E-state index contributed by atoms with van der Waals surface area (Å²) in [6.45, 7) is 2.99. The highest BCUT2D eigenvalue weighted by molar-refractivity contribution is 7.90. The molecule has 0 bridgehead atoms. The number of rotatable bonds is 10. The third-order valence-corrected chi connectivity index (χ3v) is 8.42. The second-order valence-electron chi connectivity index (χ2n) is 9.36. The van der Waals surface area contributed by atoms with Gasteiger partial charge in [-0.2, -0.15) is 12.7 Å². The molecule has 36 heavy (non-hydrogen) atoms. The van der Waals surface area contributed by atoms with Crippen LogP contribution < -0.4 is 9.62 Å². The maximum Gasteiger partial charge on any atom is 0.304 e. The number of amides is 2. The third kappa shape index (κ3) is 6.41. The maximum atomic E-state index is 14.7. The Labute approximate surface area is 213 Å². The van der Waals surface area contributed by atoms with E-state index < -0.39 is 34.5 Å². The van der Waals surface area contributed by atoms with Crippen LogP contribution in [0.5, 0.6) is 0 Å². The quantitative estimate of drug-likeness (QED) is 0.523. The first-order valence-corrected chi connectivity index (χ1v) is 13.5. The van der Waals surface area contributed by atoms with Crippen LogP contribution in [0.15, 0.2) is 48.5 Å². The summed E-state index contributed by atoms with van der Waals surface area (Å²) >= 11 is 0. The van der Waals surface area contributed by atoms with E-state index in [1.807, 2.05) is 31.2 Å². The minimum absolute atomic E-state index is 0.0689. The number of nitrogens with one attached hydrogen (secondary N) is 1. The molecular weight excluding hydrogens is 483 g/mol. The molecule has 0 aliphatic heterocycles. The van der Waals surface area contributed by atoms with Crippen molar-refractivity contribution < 1.29 is 22.4 Å². The summed E-state index contributed by atoms with van der Waals surface area (Å²) in [6, 6.07) is 12.1. The summed E-state index contributed by atoms with van der Waals surface area (Å²) in [5.74, 6) is -1.68. The first kappa shape index (κ1) is 27.6. The highest BCUT2D eigenvalue weighted by Gasteiger charge is 2.34. The van der Waals surface area contributed by atoms with Gasteiger partial charge in [-0.05, 0) is 49.9 Å². The Morgan fingerprint density at radius 3 is 2.28 bits per heavy atom. The van der Waals surface area contributed by atoms with Crippen molar-refractivity contribution in [1.82, 2.24) is 14.5 Å². The smallest absolute Gasteiger partial charge is 0.304 e. The molecule has 2 amide bonds. The summed E-state index contributed by atoms with van der Waals surface area (Å²) in [6.07, 6.45) is 3.88. The summed E-state index contributed by atoms with van der Waals surface area (Å²) in [5, 5.41) is 3.02. The highest BCUT2D eigenvalue weighted by atomic mass is 32.2. The number of aryl methyl sites for hydroxylation is 1. The van der Waals surface area contributed by atoms with Gasteiger partial charge in [-0.15, -0.1) is 0 Å². The van der Waals surface area contributed by atoms with Gasteiger partial charge in [-0.25, -0.2) is 8.70 Å². The lowest BCUT2D eigenvalue weighted by atomic mass is 10.1. The zero-order valence-electron chi connectivity index (χ0n) is 21.3. The van der Waals surface area contributed by atoms with Crippen LogP contribution in [-0.4, -0.2) is 62.2 Å². The van der Waals surface area contributed by atoms with Gasteiger partial charge in [-0.1, -0.05) is 49.2 Å². The predicted molar refractivity (Wildman–Crippen MR) is 138 cm³/mol. The topological polar surface area (TPSA) is 90.0 Å². The molecule has 3 rings (SSSR count). The van der Waals surface area contributed by atoms with E-state index in [-0.39, 0.29) is 24.2 Å². The third-order valence-electron chi connectivity index (χ3n) is 6.61. The van der Waals surface area contributed by atoms with E-state index in [1.54, 1.807) is 6.92 Å². The Hall–Kier alpha value is -2.98. The predicted octanol–water partition coefficient (Wildman–Crippen LogP) is 3.22. The maximum absolute atomic E-state index is 14.7. The number of para-hydroxylation sites is 1. The number of halogens is 1. The van der Waals surface area contributed by atoms with Crippen LogP contribution in [0.3, 0.4) is 0 Å². The molecular formula is C26H35FN4O4S. The number of anilines is 1. The second-order valence-corrected chi connectivity index (χ2v) is 11.4. The molecule has 1 fully saturated rings. The van der Waals surface area contributed by atoms with E-state index in [2.05, 4.69) is 5.32 Å². The van der Waals surface area contributed by atoms with Crippen LogP contribution in [0.2, 0.25) is 0 Å². The minimum atomic E-state index is -4.21. The van der Waals surface area contributed by atoms with E-state index >= 15 is 0 Å². The van der Waals surface area contributed by atoms with Crippen molar-refractivity contribution in [2.24, 2.45) is 0 Å². The first-order valence-electron chi connectivity index (χ1n) is 12.1. The van der Waals surface area contributed by atoms with Gasteiger partial charge in [0.25, 0.3) is 0 Å². The minimum Gasteiger partial charge on any atom is -0.352 e. The summed E-state index contributed by atoms with van der Waals surface area (Å²) in [4.78, 5) is 28.2. The summed E-state index contributed by atoms with van der Waals surface area (Å²) in [7, 11) is -1.58. The number of hydrogen-bond donors (Lipinski definition) is 1. The molecule has 1 aliphatic rings. The van der Waals surface area contributed by atoms with Gasteiger partial charge in [0, 0.05) is 26.7 Å². The van der Waals surface area contributed by atoms with Gasteiger partial charge in [0.1, 0.15) is 18.4 Å². The highest BCUT2D eigenvalue weighted by Crippen LogP contribution is 2.24. The van der Waals surface area contributed by atoms with Gasteiger partial charge >= 0.3 is 10.2 Å². The van der Waals surface area contributed by atoms with Crippen LogP contribution in [0.4, 0.5) is 10.1 Å². The Morgan fingerprint density at radius 1 is 1.06 bits per heavy atom. The normalized spacial score (nSPS) is 15.1. The van der Waals surface area contributed by atoms with Crippen molar-refractivity contribution in [2.75, 3.05) is 24.9 Å². The molecule has 0 radical (unpaired) electrons. The zero-order chi connectivity index (χ0) is 26.5. The van der Waals surface area contributed by atoms with Gasteiger partial charge in [0.2, 0.25) is 11.8 Å². The van der Waals surface area contributed by atoms with E-state index in [1.165, 1.54) is 37.2 Å². The van der Waals surface area contributed by atoms with Gasteiger partial charge < -0.3 is 10.2 Å². The van der Waals surface area contributed by atoms with E-state index in [4.69, 9.17) is 0 Å². The average Bonchev–Trinajstić information content (AvgIpc) is 3.35. The van der Waals surface area contributed by atoms with E-state index in [0.717, 1.165) is 51.5 Å². The number of carbonyl (C=O) groups excluding carboxylic acids is 2. The van der Waals surface area contributed by atoms with Crippen molar-refractivity contribution in [3.8, 4) is 0 Å². The Balaban J connectivity index is 1.95. The van der Waals surface area contributed by atoms with Crippen LogP contribution in [0, 0.1) is 12.7 Å². The molecule has 2 aromatic carbocycles. The molecule has 0 spiro atoms. The number of carbonyl (C=O) groups is 2. The second kappa shape index (κ2) is 11.8. The molecule has 1 saturated carbocycles. The number of benzene rings is 2. The zero-order valence-corrected chi connectivity index (χ0v) is 22.1. The number of hydrogen-bond acceptors (Lipinski definition) is 4. The molecule has 0 heterocycles. The van der Waals surface area contributed by atoms with Crippen LogP contribution in [0.25, 0.3) is 0 Å². The SMILES string of the molecule is Cc1ccccc1CN(C(=O)CN(c1ccccc1F)S(=O)(=O)N(C)C)[C@H](C)C(=O)NC1CCCC1. The van der Waals surface area contributed by atoms with Gasteiger partial charge in [0.15, 0.2) is 0 Å². The molecule has 8 nitrogen and oxygen atoms in total. The molecule has 1 atom stereocenters. The van der Waals surface area contributed by atoms with Crippen molar-refractivity contribution in [2.45, 2.75) is 58.2 Å². The molecule has 196 valence electrons. The molecule has 0 aromatic heterocycles. The van der Waals surface area contributed by atoms with Crippen molar-refractivity contribution in [1.29, 1.82) is 0 Å². The molecule has 2 aromatic rings. The van der Waals surface area contributed by atoms with Crippen LogP contribution in [0.1, 0.15) is 43.7 Å². The molecule has 10 heteroatoms. The fourth-order valence-corrected chi connectivity index (χ4v) is 5.37. The molecule has 1 aliphatic carbocycles. The summed E-state index contributed by atoms with van der Waals surface area (Å²) < 4.78 is 42.6. The fraction of sp³-hybridized carbons (Fsp3) is 0.462. The van der Waals surface area contributed by atoms with E-state index in [9.17, 15) is 22.4 Å². The van der Waals surface area contributed by atoms with E-state index in [0.29, 0.717) is 0 Å². The van der Waals surface area contributed by atoms with Crippen LogP contribution >= 0.6 is 0 Å². The monoisotopic (exact) mass is 518 g/mol. The Kier molecular flexibility index (Phi) is 9.08. The summed E-state index contributed by atoms with van der Waals surface area (Å²) in [5.41, 5.74) is 1.53. The van der Waals surface area contributed by atoms with Crippen molar-refractivity contribution >= 4 is 27.7 Å².